The maximum Gasteiger partial charge on any atom is 0.416 e. The van der Waals surface area contributed by atoms with E-state index in [0.29, 0.717) is 79.6 Å². The Morgan fingerprint density at radius 2 is 1.36 bits per heavy atom. The minimum atomic E-state index is -1.50. The largest absolute Gasteiger partial charge is 0.493 e. The van der Waals surface area contributed by atoms with E-state index in [1.54, 1.807) is 55.6 Å². The molecule has 6 aliphatic rings. The molecule has 0 bridgehead atoms. The molecule has 5 heterocycles. The minimum Gasteiger partial charge on any atom is -0.493 e. The van der Waals surface area contributed by atoms with Crippen molar-refractivity contribution in [2.75, 3.05) is 70.3 Å². The van der Waals surface area contributed by atoms with Gasteiger partial charge < -0.3 is 58.7 Å². The van der Waals surface area contributed by atoms with Gasteiger partial charge in [0.1, 0.15) is 12.3 Å². The van der Waals surface area contributed by atoms with E-state index in [-0.39, 0.29) is 126 Å². The van der Waals surface area contributed by atoms with Gasteiger partial charge in [0, 0.05) is 75.1 Å². The summed E-state index contributed by atoms with van der Waals surface area (Å²) in [5.41, 5.74) is 2.47. The predicted molar refractivity (Wildman–Crippen MR) is 388 cm³/mol. The number of benzene rings is 3. The average Bonchev–Trinajstić information content (AvgIpc) is 1.59. The molecular formula is C78H109BN7O14. The van der Waals surface area contributed by atoms with Gasteiger partial charge in [-0.2, -0.15) is 0 Å². The van der Waals surface area contributed by atoms with Crippen LogP contribution in [0.1, 0.15) is 217 Å². The van der Waals surface area contributed by atoms with Crippen LogP contribution < -0.4 is 34.4 Å². The number of carbonyl (C=O) groups is 7. The number of nitrogens with zero attached hydrogens (tertiary/aromatic N) is 5. The minimum absolute atomic E-state index is 0.0498. The van der Waals surface area contributed by atoms with Crippen molar-refractivity contribution in [3.05, 3.63) is 89.0 Å². The first-order chi connectivity index (χ1) is 47.6. The lowest BCUT2D eigenvalue weighted by Gasteiger charge is -2.32. The van der Waals surface area contributed by atoms with Crippen LogP contribution in [-0.2, 0) is 35.3 Å². The lowest BCUT2D eigenvalue weighted by molar-refractivity contribution is -0.140. The van der Waals surface area contributed by atoms with Crippen LogP contribution in [-0.4, -0.2) is 159 Å². The second kappa shape index (κ2) is 33.8. The van der Waals surface area contributed by atoms with Crippen LogP contribution >= 0.6 is 0 Å². The molecule has 1 saturated carbocycles. The standard InChI is InChI=1S/C78H109BN7O14/c1-13-52-40-56-46-81-60-44-65(63(95-11)41-58(60)70(90)84(56)48-52)99-50-76(5,6)31-30-75(3,4)33-37-97-66-45-61-59(42-64(66)96-12)71(91)85-47-51(2)39-62(85)72(92)86(61)74(94)98-49-53-25-27-55(28-26-53)82-79-73(93)77(7,8)34-38-100-78(9,10)32-35-80-67(87)29-36-83-68(88)43-57(69(83)89)54-23-21-19-17-15-14-16-18-20-22-24-54/h13,25-28,41-42,44-46,54,56-57,62,72,82,92H,2,14-24,29-40,43,47-50H2,1,3-12H3,(H,80,87)/b52-13+/t56-,57?,62-,72-/m0/s1. The topological polar surface area (TPSA) is 244 Å². The normalized spacial score (nSPS) is 20.8. The molecule has 4 atom stereocenters. The lowest BCUT2D eigenvalue weighted by Crippen LogP contribution is -2.50. The Bertz CT molecular complexity index is 3500. The first-order valence-corrected chi connectivity index (χ1v) is 36.4. The predicted octanol–water partition coefficient (Wildman–Crippen LogP) is 13.5. The van der Waals surface area contributed by atoms with Crippen molar-refractivity contribution in [1.29, 1.82) is 0 Å². The fourth-order valence-electron chi connectivity index (χ4n) is 14.3. The first-order valence-electron chi connectivity index (χ1n) is 36.4. The zero-order chi connectivity index (χ0) is 72.1. The number of aliphatic hydroxyl groups excluding tert-OH is 1. The van der Waals surface area contributed by atoms with Gasteiger partial charge in [-0.15, -0.1) is 0 Å². The average molecular weight is 1380 g/mol. The van der Waals surface area contributed by atoms with E-state index in [4.69, 9.17) is 33.4 Å². The summed E-state index contributed by atoms with van der Waals surface area (Å²) in [6, 6.07) is 12.8. The number of amides is 6. The molecular weight excluding hydrogens is 1270 g/mol. The number of rotatable bonds is 29. The zero-order valence-corrected chi connectivity index (χ0v) is 61.2. The fraction of sp³-hybridized carbons (Fsp3) is 0.615. The molecule has 6 amide bonds. The van der Waals surface area contributed by atoms with Crippen molar-refractivity contribution in [1.82, 2.24) is 20.0 Å². The second-order valence-electron chi connectivity index (χ2n) is 31.1. The molecule has 0 spiro atoms. The molecule has 3 saturated heterocycles. The molecule has 0 aromatic heterocycles. The number of aliphatic imine (C=N–C) groups is 1. The number of hydrogen-bond acceptors (Lipinski definition) is 16. The maximum atomic E-state index is 14.4. The van der Waals surface area contributed by atoms with E-state index in [1.165, 1.54) is 74.8 Å². The number of fused-ring (bicyclic) bond motifs is 4. The third kappa shape index (κ3) is 19.7. The lowest BCUT2D eigenvalue weighted by atomic mass is 9.69. The van der Waals surface area contributed by atoms with E-state index in [1.807, 2.05) is 45.7 Å². The summed E-state index contributed by atoms with van der Waals surface area (Å²) in [4.78, 5) is 106. The summed E-state index contributed by atoms with van der Waals surface area (Å²) in [5, 5.41) is 18.1. The molecule has 1 radical (unpaired) electrons. The Balaban J connectivity index is 0.719. The van der Waals surface area contributed by atoms with Gasteiger partial charge in [0.15, 0.2) is 29.2 Å². The van der Waals surface area contributed by atoms with E-state index < -0.39 is 35.3 Å². The summed E-state index contributed by atoms with van der Waals surface area (Å²) in [5.74, 6) is 0.504. The Morgan fingerprint density at radius 1 is 0.720 bits per heavy atom. The van der Waals surface area contributed by atoms with E-state index in [0.717, 1.165) is 55.4 Å². The highest BCUT2D eigenvalue weighted by atomic mass is 16.6. The number of anilines is 2. The van der Waals surface area contributed by atoms with Gasteiger partial charge in [0.05, 0.1) is 73.5 Å². The van der Waals surface area contributed by atoms with Gasteiger partial charge in [-0.1, -0.05) is 135 Å². The number of aliphatic hydroxyl groups is 1. The second-order valence-corrected chi connectivity index (χ2v) is 31.1. The molecule has 22 heteroatoms. The van der Waals surface area contributed by atoms with Crippen LogP contribution in [0.15, 0.2) is 77.3 Å². The highest BCUT2D eigenvalue weighted by molar-refractivity contribution is 6.77. The van der Waals surface area contributed by atoms with Gasteiger partial charge in [-0.25, -0.2) is 9.69 Å². The van der Waals surface area contributed by atoms with Gasteiger partial charge in [0.25, 0.3) is 11.8 Å². The number of hydrogen-bond donors (Lipinski definition) is 3. The van der Waals surface area contributed by atoms with Crippen LogP contribution in [0, 0.1) is 28.1 Å². The van der Waals surface area contributed by atoms with E-state index in [2.05, 4.69) is 50.9 Å². The molecule has 3 aromatic rings. The van der Waals surface area contributed by atoms with Crippen molar-refractivity contribution in [3.8, 4) is 23.0 Å². The number of allylic oxidation sites excluding steroid dienone is 1. The molecule has 4 fully saturated rings. The van der Waals surface area contributed by atoms with E-state index in [9.17, 15) is 38.7 Å². The third-order valence-electron chi connectivity index (χ3n) is 21.3. The monoisotopic (exact) mass is 1380 g/mol. The summed E-state index contributed by atoms with van der Waals surface area (Å²) in [6.45, 7) is 24.3. The Labute approximate surface area is 593 Å². The Morgan fingerprint density at radius 3 is 2.03 bits per heavy atom. The van der Waals surface area contributed by atoms with Crippen LogP contribution in [0.3, 0.4) is 0 Å². The number of carbonyl (C=O) groups excluding carboxylic acids is 7. The molecule has 9 rings (SSSR count). The van der Waals surface area contributed by atoms with Crippen LogP contribution in [0.5, 0.6) is 23.0 Å². The molecule has 5 aliphatic heterocycles. The third-order valence-corrected chi connectivity index (χ3v) is 21.3. The molecule has 1 aliphatic carbocycles. The van der Waals surface area contributed by atoms with Crippen molar-refractivity contribution < 1.29 is 67.1 Å². The van der Waals surface area contributed by atoms with Crippen molar-refractivity contribution >= 4 is 72.0 Å². The van der Waals surface area contributed by atoms with Crippen molar-refractivity contribution in [2.45, 2.75) is 221 Å². The highest BCUT2D eigenvalue weighted by Gasteiger charge is 2.47. The summed E-state index contributed by atoms with van der Waals surface area (Å²) < 4.78 is 36.6. The van der Waals surface area contributed by atoms with Crippen LogP contribution in [0.2, 0.25) is 0 Å². The Hall–Kier alpha value is -7.72. The van der Waals surface area contributed by atoms with Gasteiger partial charge >= 0.3 is 13.5 Å². The molecule has 3 N–H and O–H groups in total. The van der Waals surface area contributed by atoms with Crippen LogP contribution in [0.25, 0.3) is 0 Å². The summed E-state index contributed by atoms with van der Waals surface area (Å²) in [7, 11) is 4.48. The molecule has 543 valence electrons. The number of methoxy groups -OCH3 is 2. The smallest absolute Gasteiger partial charge is 0.416 e. The molecule has 1 unspecified atom stereocenters. The summed E-state index contributed by atoms with van der Waals surface area (Å²) in [6.07, 6.45) is 18.9. The van der Waals surface area contributed by atoms with Gasteiger partial charge in [-0.05, 0) is 125 Å². The fourth-order valence-corrected chi connectivity index (χ4v) is 14.3. The number of likely N-dealkylation sites (tertiary alicyclic amines) is 1. The molecule has 3 aromatic carbocycles. The molecule has 100 heavy (non-hydrogen) atoms. The quantitative estimate of drug-likeness (QED) is 0.0332. The summed E-state index contributed by atoms with van der Waals surface area (Å²) >= 11 is 0. The number of nitrogens with one attached hydrogen (secondary N) is 2. The van der Waals surface area contributed by atoms with Crippen molar-refractivity contribution in [3.63, 3.8) is 0 Å². The van der Waals surface area contributed by atoms with Gasteiger partial charge in [-0.3, -0.25) is 33.9 Å². The van der Waals surface area contributed by atoms with E-state index >= 15 is 0 Å². The maximum absolute atomic E-state index is 14.4. The number of imide groups is 1. The SMILES string of the molecule is C=C1C[C@H]2[C@H](O)N(C(=O)OCc3ccc(N[B]C(=O)C(C)(C)CCOC(C)(C)CCNC(=O)CCN4C(=O)CC(C5CCCCCCCCCCC5)C4=O)cc3)c3cc(OCCC(C)(C)CCC(C)(C)COc4cc5c(cc4OC)C(=O)N4C/C(=C/C)C[C@H]4C=N5)c(OC)cc3C(=O)N2C1. The first kappa shape index (κ1) is 76.5. The number of ether oxygens (including phenoxy) is 6. The zero-order valence-electron chi connectivity index (χ0n) is 61.2. The Kier molecular flexibility index (Phi) is 25.9. The van der Waals surface area contributed by atoms with Gasteiger partial charge in [0.2, 0.25) is 17.7 Å². The molecule has 21 nitrogen and oxygen atoms in total. The highest BCUT2D eigenvalue weighted by Crippen LogP contribution is 2.45. The van der Waals surface area contributed by atoms with Crippen molar-refractivity contribution in [2.24, 2.45) is 33.1 Å². The van der Waals surface area contributed by atoms with Crippen LogP contribution in [0.4, 0.5) is 21.9 Å².